The molecule has 4 rings (SSSR count). The van der Waals surface area contributed by atoms with Crippen LogP contribution in [0.5, 0.6) is 0 Å². The van der Waals surface area contributed by atoms with E-state index in [1.165, 1.54) is 18.5 Å². The number of aromatic nitrogens is 2. The molecule has 4 aromatic rings. The van der Waals surface area contributed by atoms with Gasteiger partial charge in [0.25, 0.3) is 0 Å². The van der Waals surface area contributed by atoms with Crippen molar-refractivity contribution in [3.63, 3.8) is 0 Å². The van der Waals surface area contributed by atoms with E-state index in [2.05, 4.69) is 32.4 Å². The largest absolute Gasteiger partial charge is 0.417 e. The van der Waals surface area contributed by atoms with Crippen LogP contribution in [0.2, 0.25) is 10.0 Å². The van der Waals surface area contributed by atoms with Crippen molar-refractivity contribution in [1.29, 1.82) is 0 Å². The Kier molecular flexibility index (Phi) is 6.69. The SMILES string of the molecule is Nc1cc2c(C#Cc3cccc(NC(=O)Nc4ccc(Cl)c(C(F)(F)F)c4)c3)c(Cl)cnc2cn1. The lowest BCUT2D eigenvalue weighted by Gasteiger charge is -2.12. The number of amides is 2. The number of hydrogen-bond acceptors (Lipinski definition) is 4. The van der Waals surface area contributed by atoms with E-state index in [4.69, 9.17) is 28.9 Å². The lowest BCUT2D eigenvalue weighted by Crippen LogP contribution is -2.20. The molecular weight excluding hydrogens is 502 g/mol. The van der Waals surface area contributed by atoms with Gasteiger partial charge in [-0.15, -0.1) is 0 Å². The highest BCUT2D eigenvalue weighted by molar-refractivity contribution is 6.32. The van der Waals surface area contributed by atoms with Crippen LogP contribution in [-0.2, 0) is 6.18 Å². The standard InChI is InChI=1S/C24H14Cl2F3N5O/c25-19-7-5-15(9-18(19)24(27,28)29)34-23(35)33-14-3-1-2-13(8-14)4-6-16-17-10-22(30)32-12-21(17)31-11-20(16)26/h1-3,5,7-12H,(H2,30,32)(H2,33,34,35). The number of carbonyl (C=O) groups excluding carboxylic acids is 1. The molecule has 0 spiro atoms. The van der Waals surface area contributed by atoms with Crippen molar-refractivity contribution >= 4 is 57.3 Å². The zero-order valence-corrected chi connectivity index (χ0v) is 19.1. The van der Waals surface area contributed by atoms with Gasteiger partial charge in [-0.05, 0) is 42.5 Å². The van der Waals surface area contributed by atoms with Gasteiger partial charge in [0.1, 0.15) is 5.82 Å². The van der Waals surface area contributed by atoms with E-state index in [1.807, 2.05) is 0 Å². The number of anilines is 3. The van der Waals surface area contributed by atoms with Crippen molar-refractivity contribution in [2.24, 2.45) is 0 Å². The highest BCUT2D eigenvalue weighted by Gasteiger charge is 2.33. The minimum absolute atomic E-state index is 0.0665. The predicted molar refractivity (Wildman–Crippen MR) is 130 cm³/mol. The second-order valence-corrected chi connectivity index (χ2v) is 8.02. The van der Waals surface area contributed by atoms with Gasteiger partial charge in [0.2, 0.25) is 0 Å². The third-order valence-corrected chi connectivity index (χ3v) is 5.33. The van der Waals surface area contributed by atoms with Crippen LogP contribution in [-0.4, -0.2) is 16.0 Å². The molecule has 0 aliphatic rings. The molecule has 0 saturated heterocycles. The van der Waals surface area contributed by atoms with Crippen molar-refractivity contribution in [3.8, 4) is 11.8 Å². The Balaban J connectivity index is 1.53. The summed E-state index contributed by atoms with van der Waals surface area (Å²) in [5.74, 6) is 6.26. The number of nitrogen functional groups attached to an aromatic ring is 1. The third kappa shape index (κ3) is 5.74. The van der Waals surface area contributed by atoms with E-state index in [0.29, 0.717) is 38.6 Å². The Hall–Kier alpha value is -4.00. The maximum Gasteiger partial charge on any atom is 0.417 e. The fourth-order valence-corrected chi connectivity index (χ4v) is 3.56. The first kappa shape index (κ1) is 24.1. The first-order chi connectivity index (χ1) is 16.6. The molecule has 0 atom stereocenters. The Bertz CT molecular complexity index is 1510. The Morgan fingerprint density at radius 1 is 0.914 bits per heavy atom. The summed E-state index contributed by atoms with van der Waals surface area (Å²) in [6.07, 6.45) is -1.66. The number of nitrogens with one attached hydrogen (secondary N) is 2. The summed E-state index contributed by atoms with van der Waals surface area (Å²) in [4.78, 5) is 20.5. The molecule has 4 N–H and O–H groups in total. The first-order valence-corrected chi connectivity index (χ1v) is 10.6. The van der Waals surface area contributed by atoms with Gasteiger partial charge in [-0.2, -0.15) is 13.2 Å². The second kappa shape index (κ2) is 9.70. The summed E-state index contributed by atoms with van der Waals surface area (Å²) in [6.45, 7) is 0. The number of hydrogen-bond donors (Lipinski definition) is 3. The maximum atomic E-state index is 13.0. The predicted octanol–water partition coefficient (Wildman–Crippen LogP) is 6.58. The summed E-state index contributed by atoms with van der Waals surface area (Å²) in [5, 5.41) is 5.43. The molecule has 0 unspecified atom stereocenters. The maximum absolute atomic E-state index is 13.0. The second-order valence-electron chi connectivity index (χ2n) is 7.21. The van der Waals surface area contributed by atoms with Crippen molar-refractivity contribution < 1.29 is 18.0 Å². The highest BCUT2D eigenvalue weighted by atomic mass is 35.5. The monoisotopic (exact) mass is 515 g/mol. The Morgan fingerprint density at radius 3 is 2.40 bits per heavy atom. The minimum Gasteiger partial charge on any atom is -0.384 e. The third-order valence-electron chi connectivity index (χ3n) is 4.71. The molecule has 6 nitrogen and oxygen atoms in total. The van der Waals surface area contributed by atoms with E-state index in [-0.39, 0.29) is 5.69 Å². The molecule has 2 aromatic carbocycles. The lowest BCUT2D eigenvalue weighted by molar-refractivity contribution is -0.137. The Morgan fingerprint density at radius 2 is 1.66 bits per heavy atom. The first-order valence-electron chi connectivity index (χ1n) is 9.87. The van der Waals surface area contributed by atoms with Gasteiger partial charge in [-0.3, -0.25) is 4.98 Å². The molecule has 0 aliphatic heterocycles. The van der Waals surface area contributed by atoms with Gasteiger partial charge in [0, 0.05) is 28.5 Å². The molecule has 0 aliphatic carbocycles. The molecule has 11 heteroatoms. The fraction of sp³-hybridized carbons (Fsp3) is 0.0417. The van der Waals surface area contributed by atoms with Gasteiger partial charge in [0.15, 0.2) is 0 Å². The van der Waals surface area contributed by atoms with Crippen LogP contribution in [0.4, 0.5) is 35.2 Å². The van der Waals surface area contributed by atoms with Gasteiger partial charge >= 0.3 is 12.2 Å². The number of urea groups is 1. The summed E-state index contributed by atoms with van der Waals surface area (Å²) < 4.78 is 39.1. The van der Waals surface area contributed by atoms with Crippen LogP contribution in [0.1, 0.15) is 16.7 Å². The smallest absolute Gasteiger partial charge is 0.384 e. The van der Waals surface area contributed by atoms with E-state index >= 15 is 0 Å². The lowest BCUT2D eigenvalue weighted by atomic mass is 10.1. The number of alkyl halides is 3. The van der Waals surface area contributed by atoms with E-state index in [0.717, 1.165) is 12.1 Å². The fourth-order valence-electron chi connectivity index (χ4n) is 3.14. The normalized spacial score (nSPS) is 11.0. The molecule has 0 radical (unpaired) electrons. The molecule has 2 amide bonds. The number of pyridine rings is 2. The van der Waals surface area contributed by atoms with Crippen molar-refractivity contribution in [2.45, 2.75) is 6.18 Å². The van der Waals surface area contributed by atoms with Crippen LogP contribution in [0, 0.1) is 11.8 Å². The topological polar surface area (TPSA) is 92.9 Å². The number of carbonyl (C=O) groups is 1. The molecule has 2 aromatic heterocycles. The molecule has 0 saturated carbocycles. The number of rotatable bonds is 2. The number of nitrogens with zero attached hydrogens (tertiary/aromatic N) is 2. The zero-order valence-electron chi connectivity index (χ0n) is 17.5. The van der Waals surface area contributed by atoms with Crippen molar-refractivity contribution in [3.05, 3.63) is 87.7 Å². The zero-order chi connectivity index (χ0) is 25.2. The van der Waals surface area contributed by atoms with Crippen molar-refractivity contribution in [2.75, 3.05) is 16.4 Å². The van der Waals surface area contributed by atoms with Gasteiger partial charge in [-0.1, -0.05) is 41.1 Å². The summed E-state index contributed by atoms with van der Waals surface area (Å²) in [5.41, 5.74) is 6.68. The minimum atomic E-state index is -4.65. The molecule has 35 heavy (non-hydrogen) atoms. The molecule has 0 fully saturated rings. The molecule has 176 valence electrons. The van der Waals surface area contributed by atoms with Crippen LogP contribution in [0.25, 0.3) is 10.9 Å². The van der Waals surface area contributed by atoms with Crippen LogP contribution in [0.3, 0.4) is 0 Å². The van der Waals surface area contributed by atoms with Crippen LogP contribution < -0.4 is 16.4 Å². The highest BCUT2D eigenvalue weighted by Crippen LogP contribution is 2.36. The Labute approximate surface area is 207 Å². The van der Waals surface area contributed by atoms with Crippen molar-refractivity contribution in [1.82, 2.24) is 9.97 Å². The number of halogens is 5. The number of nitrogens with two attached hydrogens (primary N) is 1. The van der Waals surface area contributed by atoms with Crippen LogP contribution >= 0.6 is 23.2 Å². The number of benzene rings is 2. The van der Waals surface area contributed by atoms with E-state index < -0.39 is 22.8 Å². The molecular formula is C24H14Cl2F3N5O. The summed E-state index contributed by atoms with van der Waals surface area (Å²) >= 11 is 11.9. The van der Waals surface area contributed by atoms with E-state index in [1.54, 1.807) is 30.3 Å². The van der Waals surface area contributed by atoms with E-state index in [9.17, 15) is 18.0 Å². The average molecular weight is 516 g/mol. The van der Waals surface area contributed by atoms with Crippen LogP contribution in [0.15, 0.2) is 60.9 Å². The van der Waals surface area contributed by atoms with Gasteiger partial charge in [0.05, 0.1) is 32.9 Å². The summed E-state index contributed by atoms with van der Waals surface area (Å²) in [6, 6.07) is 10.6. The average Bonchev–Trinajstić information content (AvgIpc) is 2.79. The molecule has 2 heterocycles. The quantitative estimate of drug-likeness (QED) is 0.263. The summed E-state index contributed by atoms with van der Waals surface area (Å²) in [7, 11) is 0. The van der Waals surface area contributed by atoms with Gasteiger partial charge in [-0.25, -0.2) is 9.78 Å². The van der Waals surface area contributed by atoms with Gasteiger partial charge < -0.3 is 16.4 Å². The number of fused-ring (bicyclic) bond motifs is 1. The molecule has 0 bridgehead atoms.